The minimum Gasteiger partial charge on any atom is -0.376 e. The average molecular weight is 321 g/mol. The molecule has 0 bridgehead atoms. The van der Waals surface area contributed by atoms with Gasteiger partial charge in [0.25, 0.3) is 5.56 Å². The van der Waals surface area contributed by atoms with Crippen LogP contribution in [0.4, 0.5) is 0 Å². The molecular formula is C14H13BrN2O2. The second kappa shape index (κ2) is 4.90. The molecule has 0 spiro atoms. The maximum atomic E-state index is 12.1. The Labute approximate surface area is 119 Å². The van der Waals surface area contributed by atoms with Crippen LogP contribution >= 0.6 is 15.9 Å². The van der Waals surface area contributed by atoms with E-state index in [-0.39, 0.29) is 5.56 Å². The minimum absolute atomic E-state index is 0.0954. The lowest BCUT2D eigenvalue weighted by molar-refractivity contribution is 0.108. The Kier molecular flexibility index (Phi) is 3.24. The predicted molar refractivity (Wildman–Crippen MR) is 76.1 cm³/mol. The van der Waals surface area contributed by atoms with Gasteiger partial charge in [-0.15, -0.1) is 0 Å². The second-order valence-corrected chi connectivity index (χ2v) is 5.52. The van der Waals surface area contributed by atoms with Crippen molar-refractivity contribution in [3.8, 4) is 11.4 Å². The lowest BCUT2D eigenvalue weighted by Gasteiger charge is -2.16. The van der Waals surface area contributed by atoms with Crippen molar-refractivity contribution in [2.75, 3.05) is 6.61 Å². The smallest absolute Gasteiger partial charge is 0.256 e. The molecule has 0 fully saturated rings. The zero-order chi connectivity index (χ0) is 13.4. The van der Waals surface area contributed by atoms with E-state index in [9.17, 15) is 4.79 Å². The van der Waals surface area contributed by atoms with E-state index in [4.69, 9.17) is 4.74 Å². The molecule has 5 heteroatoms. The lowest BCUT2D eigenvalue weighted by atomic mass is 10.1. The first kappa shape index (κ1) is 12.6. The van der Waals surface area contributed by atoms with Gasteiger partial charge in [-0.2, -0.15) is 0 Å². The zero-order valence-corrected chi connectivity index (χ0v) is 12.1. The molecule has 3 rings (SSSR count). The fraction of sp³-hybridized carbons (Fsp3) is 0.286. The molecular weight excluding hydrogens is 308 g/mol. The summed E-state index contributed by atoms with van der Waals surface area (Å²) in [5.41, 5.74) is 3.44. The van der Waals surface area contributed by atoms with Crippen LogP contribution in [-0.2, 0) is 17.8 Å². The molecule has 0 saturated carbocycles. The highest BCUT2D eigenvalue weighted by Crippen LogP contribution is 2.24. The number of H-pyrrole nitrogens is 1. The Morgan fingerprint density at radius 3 is 3.05 bits per heavy atom. The van der Waals surface area contributed by atoms with Gasteiger partial charge in [0, 0.05) is 16.5 Å². The number of nitrogens with zero attached hydrogens (tertiary/aromatic N) is 1. The maximum Gasteiger partial charge on any atom is 0.256 e. The van der Waals surface area contributed by atoms with E-state index in [1.807, 2.05) is 25.1 Å². The van der Waals surface area contributed by atoms with Crippen molar-refractivity contribution in [3.05, 3.63) is 49.8 Å². The summed E-state index contributed by atoms with van der Waals surface area (Å²) in [7, 11) is 0. The highest BCUT2D eigenvalue weighted by molar-refractivity contribution is 9.10. The molecule has 0 unspecified atom stereocenters. The summed E-state index contributed by atoms with van der Waals surface area (Å²) in [6.07, 6.45) is 0.696. The van der Waals surface area contributed by atoms with Crippen LogP contribution in [0.5, 0.6) is 0 Å². The zero-order valence-electron chi connectivity index (χ0n) is 10.5. The SMILES string of the molecule is Cc1cc(Br)ccc1-c1nc2c(c(=O)[nH]1)COCC2. The van der Waals surface area contributed by atoms with Crippen molar-refractivity contribution < 1.29 is 4.74 Å². The summed E-state index contributed by atoms with van der Waals surface area (Å²) < 4.78 is 6.31. The van der Waals surface area contributed by atoms with Gasteiger partial charge in [0.1, 0.15) is 5.82 Å². The van der Waals surface area contributed by atoms with Gasteiger partial charge in [0.05, 0.1) is 24.5 Å². The summed E-state index contributed by atoms with van der Waals surface area (Å²) in [5, 5.41) is 0. The summed E-state index contributed by atoms with van der Waals surface area (Å²) >= 11 is 3.43. The van der Waals surface area contributed by atoms with Gasteiger partial charge in [0.2, 0.25) is 0 Å². The van der Waals surface area contributed by atoms with Gasteiger partial charge >= 0.3 is 0 Å². The fourth-order valence-corrected chi connectivity index (χ4v) is 2.74. The number of rotatable bonds is 1. The van der Waals surface area contributed by atoms with Gasteiger partial charge in [-0.1, -0.05) is 15.9 Å². The largest absolute Gasteiger partial charge is 0.376 e. The summed E-state index contributed by atoms with van der Waals surface area (Å²) in [6.45, 7) is 2.99. The topological polar surface area (TPSA) is 55.0 Å². The van der Waals surface area contributed by atoms with Crippen LogP contribution in [0, 0.1) is 6.92 Å². The molecule has 2 heterocycles. The number of aryl methyl sites for hydroxylation is 1. The third-order valence-electron chi connectivity index (χ3n) is 3.27. The molecule has 98 valence electrons. The second-order valence-electron chi connectivity index (χ2n) is 4.60. The molecule has 1 N–H and O–H groups in total. The van der Waals surface area contributed by atoms with Crippen LogP contribution < -0.4 is 5.56 Å². The number of hydrogen-bond donors (Lipinski definition) is 1. The molecule has 2 aromatic rings. The number of halogens is 1. The van der Waals surface area contributed by atoms with Gasteiger partial charge < -0.3 is 9.72 Å². The van der Waals surface area contributed by atoms with Crippen LogP contribution in [0.2, 0.25) is 0 Å². The number of fused-ring (bicyclic) bond motifs is 1. The Hall–Kier alpha value is -1.46. The van der Waals surface area contributed by atoms with Crippen molar-refractivity contribution in [1.82, 2.24) is 9.97 Å². The molecule has 4 nitrogen and oxygen atoms in total. The Morgan fingerprint density at radius 2 is 2.26 bits per heavy atom. The molecule has 19 heavy (non-hydrogen) atoms. The van der Waals surface area contributed by atoms with Crippen LogP contribution in [0.3, 0.4) is 0 Å². The van der Waals surface area contributed by atoms with Crippen LogP contribution in [0.15, 0.2) is 27.5 Å². The Balaban J connectivity index is 2.15. The average Bonchev–Trinajstić information content (AvgIpc) is 2.38. The van der Waals surface area contributed by atoms with E-state index in [1.54, 1.807) is 0 Å². The number of nitrogens with one attached hydrogen (secondary N) is 1. The third-order valence-corrected chi connectivity index (χ3v) is 3.77. The predicted octanol–water partition coefficient (Wildman–Crippen LogP) is 2.58. The molecule has 1 aromatic heterocycles. The molecule has 0 aliphatic carbocycles. The van der Waals surface area contributed by atoms with E-state index < -0.39 is 0 Å². The Morgan fingerprint density at radius 1 is 1.42 bits per heavy atom. The van der Waals surface area contributed by atoms with E-state index in [0.717, 1.165) is 21.3 Å². The lowest BCUT2D eigenvalue weighted by Crippen LogP contribution is -2.24. The number of ether oxygens (including phenoxy) is 1. The highest BCUT2D eigenvalue weighted by Gasteiger charge is 2.17. The first-order valence-corrected chi connectivity index (χ1v) is 6.91. The third kappa shape index (κ3) is 2.35. The van der Waals surface area contributed by atoms with Crippen molar-refractivity contribution in [1.29, 1.82) is 0 Å². The van der Waals surface area contributed by atoms with E-state index in [0.29, 0.717) is 31.0 Å². The number of aromatic amines is 1. The molecule has 1 aliphatic rings. The molecule has 1 aliphatic heterocycles. The first-order valence-electron chi connectivity index (χ1n) is 6.11. The first-order chi connectivity index (χ1) is 9.15. The van der Waals surface area contributed by atoms with Crippen LogP contribution in [-0.4, -0.2) is 16.6 Å². The van der Waals surface area contributed by atoms with Crippen molar-refractivity contribution in [2.45, 2.75) is 20.0 Å². The number of benzene rings is 1. The van der Waals surface area contributed by atoms with Crippen LogP contribution in [0.1, 0.15) is 16.8 Å². The number of aromatic nitrogens is 2. The highest BCUT2D eigenvalue weighted by atomic mass is 79.9. The Bertz CT molecular complexity index is 694. The van der Waals surface area contributed by atoms with E-state index in [2.05, 4.69) is 25.9 Å². The standard InChI is InChI=1S/C14H13BrN2O2/c1-8-6-9(15)2-3-10(8)13-16-12-4-5-19-7-11(12)14(18)17-13/h2-3,6H,4-5,7H2,1H3,(H,16,17,18). The quantitative estimate of drug-likeness (QED) is 0.878. The minimum atomic E-state index is -0.0954. The van der Waals surface area contributed by atoms with Crippen molar-refractivity contribution >= 4 is 15.9 Å². The number of hydrogen-bond acceptors (Lipinski definition) is 3. The molecule has 0 radical (unpaired) electrons. The molecule has 0 atom stereocenters. The monoisotopic (exact) mass is 320 g/mol. The molecule has 0 amide bonds. The van der Waals surface area contributed by atoms with Gasteiger partial charge in [-0.3, -0.25) is 4.79 Å². The van der Waals surface area contributed by atoms with Gasteiger partial charge in [0.15, 0.2) is 0 Å². The van der Waals surface area contributed by atoms with Crippen LogP contribution in [0.25, 0.3) is 11.4 Å². The van der Waals surface area contributed by atoms with E-state index >= 15 is 0 Å². The summed E-state index contributed by atoms with van der Waals surface area (Å²) in [4.78, 5) is 19.5. The fourth-order valence-electron chi connectivity index (χ4n) is 2.26. The maximum absolute atomic E-state index is 12.1. The summed E-state index contributed by atoms with van der Waals surface area (Å²) in [6, 6.07) is 5.92. The summed E-state index contributed by atoms with van der Waals surface area (Å²) in [5.74, 6) is 0.635. The van der Waals surface area contributed by atoms with Crippen molar-refractivity contribution in [3.63, 3.8) is 0 Å². The van der Waals surface area contributed by atoms with Crippen molar-refractivity contribution in [2.24, 2.45) is 0 Å². The van der Waals surface area contributed by atoms with E-state index in [1.165, 1.54) is 0 Å². The van der Waals surface area contributed by atoms with Gasteiger partial charge in [-0.05, 0) is 30.7 Å². The normalized spacial score (nSPS) is 14.2. The molecule has 0 saturated heterocycles. The van der Waals surface area contributed by atoms with Gasteiger partial charge in [-0.25, -0.2) is 4.98 Å². The molecule has 1 aromatic carbocycles.